The summed E-state index contributed by atoms with van der Waals surface area (Å²) < 4.78 is 10.8. The number of thiazole rings is 1. The maximum Gasteiger partial charge on any atom is 0.350 e. The summed E-state index contributed by atoms with van der Waals surface area (Å²) in [6.45, 7) is 9.86. The van der Waals surface area contributed by atoms with Gasteiger partial charge in [-0.1, -0.05) is 48.1 Å². The van der Waals surface area contributed by atoms with E-state index in [4.69, 9.17) is 9.47 Å². The van der Waals surface area contributed by atoms with E-state index in [1.807, 2.05) is 38.1 Å². The van der Waals surface area contributed by atoms with Crippen LogP contribution in [-0.2, 0) is 14.3 Å². The molecule has 0 radical (unpaired) electrons. The van der Waals surface area contributed by atoms with Crippen molar-refractivity contribution in [3.63, 3.8) is 0 Å². The lowest BCUT2D eigenvalue weighted by Gasteiger charge is -2.23. The predicted molar refractivity (Wildman–Crippen MR) is 146 cm³/mol. The maximum absolute atomic E-state index is 13.5. The van der Waals surface area contributed by atoms with Crippen molar-refractivity contribution >= 4 is 39.9 Å². The van der Waals surface area contributed by atoms with Crippen LogP contribution in [0.25, 0.3) is 5.76 Å². The Labute approximate surface area is 225 Å². The number of benzene rings is 2. The highest BCUT2D eigenvalue weighted by molar-refractivity contribution is 7.17. The Bertz CT molecular complexity index is 1420. The summed E-state index contributed by atoms with van der Waals surface area (Å²) in [5, 5.41) is 11.7. The van der Waals surface area contributed by atoms with E-state index in [1.165, 1.54) is 4.90 Å². The van der Waals surface area contributed by atoms with Gasteiger partial charge in [-0.3, -0.25) is 14.5 Å². The van der Waals surface area contributed by atoms with E-state index < -0.39 is 23.7 Å². The van der Waals surface area contributed by atoms with E-state index in [-0.39, 0.29) is 27.9 Å². The number of aromatic nitrogens is 1. The van der Waals surface area contributed by atoms with E-state index in [0.29, 0.717) is 34.7 Å². The predicted octanol–water partition coefficient (Wildman–Crippen LogP) is 5.66. The number of Topliss-reactive ketones (excluding diaryl/α,β-unsaturated/α-hetero) is 1. The van der Waals surface area contributed by atoms with Crippen LogP contribution in [0.15, 0.2) is 48.0 Å². The molecule has 38 heavy (non-hydrogen) atoms. The third kappa shape index (κ3) is 5.06. The summed E-state index contributed by atoms with van der Waals surface area (Å²) in [7, 11) is 0. The average Bonchev–Trinajstić information content (AvgIpc) is 3.39. The number of ketones is 1. The molecule has 1 fully saturated rings. The molecule has 2 heterocycles. The Kier molecular flexibility index (Phi) is 7.97. The van der Waals surface area contributed by atoms with E-state index in [1.54, 1.807) is 39.0 Å². The maximum atomic E-state index is 13.5. The first-order valence-corrected chi connectivity index (χ1v) is 13.2. The molecule has 1 N–H and O–H groups in total. The first-order chi connectivity index (χ1) is 18.2. The number of rotatable bonds is 8. The number of nitrogens with zero attached hydrogens (tertiary/aromatic N) is 2. The van der Waals surface area contributed by atoms with E-state index in [9.17, 15) is 19.5 Å². The molecule has 1 aromatic heterocycles. The highest BCUT2D eigenvalue weighted by Gasteiger charge is 2.48. The molecule has 3 aromatic rings. The van der Waals surface area contributed by atoms with Crippen LogP contribution >= 0.6 is 11.3 Å². The zero-order valence-electron chi connectivity index (χ0n) is 22.0. The van der Waals surface area contributed by atoms with Crippen LogP contribution in [0.3, 0.4) is 0 Å². The minimum absolute atomic E-state index is 0.0466. The third-order valence-corrected chi connectivity index (χ3v) is 7.35. The Hall–Kier alpha value is -3.98. The zero-order valence-corrected chi connectivity index (χ0v) is 22.8. The lowest BCUT2D eigenvalue weighted by Crippen LogP contribution is -2.29. The van der Waals surface area contributed by atoms with Crippen LogP contribution in [0.1, 0.15) is 63.9 Å². The quantitative estimate of drug-likeness (QED) is 0.172. The van der Waals surface area contributed by atoms with Crippen molar-refractivity contribution < 1.29 is 29.0 Å². The van der Waals surface area contributed by atoms with Crippen LogP contribution in [0.4, 0.5) is 5.13 Å². The second kappa shape index (κ2) is 11.2. The van der Waals surface area contributed by atoms with Gasteiger partial charge in [0.05, 0.1) is 30.5 Å². The fourth-order valence-electron chi connectivity index (χ4n) is 4.32. The Morgan fingerprint density at radius 3 is 2.42 bits per heavy atom. The van der Waals surface area contributed by atoms with Crippen LogP contribution in [0.2, 0.25) is 0 Å². The van der Waals surface area contributed by atoms with Gasteiger partial charge < -0.3 is 14.6 Å². The van der Waals surface area contributed by atoms with Gasteiger partial charge in [0.15, 0.2) is 5.13 Å². The first kappa shape index (κ1) is 27.1. The summed E-state index contributed by atoms with van der Waals surface area (Å²) in [5.74, 6) is -1.83. The molecule has 2 aromatic carbocycles. The van der Waals surface area contributed by atoms with Gasteiger partial charge in [0.25, 0.3) is 5.78 Å². The zero-order chi connectivity index (χ0) is 27.6. The summed E-state index contributed by atoms with van der Waals surface area (Å²) in [5.41, 5.74) is 3.09. The number of anilines is 1. The Morgan fingerprint density at radius 2 is 1.79 bits per heavy atom. The number of hydrogen-bond acceptors (Lipinski definition) is 8. The van der Waals surface area contributed by atoms with Crippen LogP contribution < -0.4 is 9.64 Å². The SMILES string of the molecule is CCCOc1ccc(/C(O)=C2\C(=O)C(=O)N(c3nc(C)c(C(=O)OCC)s3)C2c2ccc(C)cc2)c(C)c1. The van der Waals surface area contributed by atoms with Crippen molar-refractivity contribution in [2.24, 2.45) is 0 Å². The summed E-state index contributed by atoms with van der Waals surface area (Å²) in [6, 6.07) is 11.6. The van der Waals surface area contributed by atoms with Gasteiger partial charge in [-0.15, -0.1) is 0 Å². The highest BCUT2D eigenvalue weighted by Crippen LogP contribution is 2.44. The van der Waals surface area contributed by atoms with E-state index >= 15 is 0 Å². The summed E-state index contributed by atoms with van der Waals surface area (Å²) in [6.07, 6.45) is 0.856. The van der Waals surface area contributed by atoms with Gasteiger partial charge in [0, 0.05) is 5.56 Å². The van der Waals surface area contributed by atoms with E-state index in [0.717, 1.165) is 23.3 Å². The number of aryl methyl sites for hydroxylation is 3. The monoisotopic (exact) mass is 534 g/mol. The van der Waals surface area contributed by atoms with Gasteiger partial charge in [-0.05, 0) is 63.4 Å². The van der Waals surface area contributed by atoms with Gasteiger partial charge in [-0.2, -0.15) is 0 Å². The highest BCUT2D eigenvalue weighted by atomic mass is 32.1. The van der Waals surface area contributed by atoms with Crippen molar-refractivity contribution in [1.82, 2.24) is 4.98 Å². The number of esters is 1. The molecule has 1 atom stereocenters. The number of amides is 1. The number of hydrogen-bond donors (Lipinski definition) is 1. The fourth-order valence-corrected chi connectivity index (χ4v) is 5.31. The molecule has 198 valence electrons. The summed E-state index contributed by atoms with van der Waals surface area (Å²) >= 11 is 0.981. The second-order valence-corrected chi connectivity index (χ2v) is 10.0. The second-order valence-electron chi connectivity index (χ2n) is 9.04. The van der Waals surface area contributed by atoms with Crippen LogP contribution in [0.5, 0.6) is 5.75 Å². The average molecular weight is 535 g/mol. The Balaban J connectivity index is 1.87. The molecular formula is C29H30N2O6S. The topological polar surface area (TPSA) is 106 Å². The number of aliphatic hydroxyl groups excluding tert-OH is 1. The molecule has 8 nitrogen and oxygen atoms in total. The lowest BCUT2D eigenvalue weighted by atomic mass is 9.93. The normalized spacial score (nSPS) is 16.7. The largest absolute Gasteiger partial charge is 0.507 e. The van der Waals surface area contributed by atoms with Gasteiger partial charge in [-0.25, -0.2) is 9.78 Å². The molecule has 0 saturated carbocycles. The Morgan fingerprint density at radius 1 is 1.08 bits per heavy atom. The molecule has 0 aliphatic carbocycles. The first-order valence-electron chi connectivity index (χ1n) is 12.4. The number of aliphatic hydroxyl groups is 1. The lowest BCUT2D eigenvalue weighted by molar-refractivity contribution is -0.132. The molecule has 1 aliphatic heterocycles. The molecule has 4 rings (SSSR count). The molecule has 1 unspecified atom stereocenters. The van der Waals surface area contributed by atoms with Crippen LogP contribution in [0, 0.1) is 20.8 Å². The van der Waals surface area contributed by atoms with Crippen molar-refractivity contribution in [3.8, 4) is 5.75 Å². The minimum atomic E-state index is -0.938. The van der Waals surface area contributed by atoms with Crippen molar-refractivity contribution in [3.05, 3.63) is 80.9 Å². The third-order valence-electron chi connectivity index (χ3n) is 6.22. The van der Waals surface area contributed by atoms with Gasteiger partial charge >= 0.3 is 11.9 Å². The van der Waals surface area contributed by atoms with Gasteiger partial charge in [0.2, 0.25) is 0 Å². The van der Waals surface area contributed by atoms with Gasteiger partial charge in [0.1, 0.15) is 16.4 Å². The number of carbonyl (C=O) groups is 3. The molecular weight excluding hydrogens is 504 g/mol. The molecule has 0 bridgehead atoms. The molecule has 0 spiro atoms. The van der Waals surface area contributed by atoms with Crippen molar-refractivity contribution in [2.45, 2.75) is 47.1 Å². The van der Waals surface area contributed by atoms with Crippen molar-refractivity contribution in [2.75, 3.05) is 18.1 Å². The molecule has 9 heteroatoms. The standard InChI is InChI=1S/C29H30N2O6S/c1-6-14-37-20-12-13-21(17(4)15-20)24(32)22-23(19-10-8-16(3)9-11-19)31(27(34)25(22)33)29-30-18(5)26(38-29)28(35)36-7-2/h8-13,15,23,32H,6-7,14H2,1-5H3/b24-22+. The summed E-state index contributed by atoms with van der Waals surface area (Å²) in [4.78, 5) is 45.3. The van der Waals surface area contributed by atoms with E-state index in [2.05, 4.69) is 4.98 Å². The minimum Gasteiger partial charge on any atom is -0.507 e. The molecule has 1 amide bonds. The smallest absolute Gasteiger partial charge is 0.350 e. The number of carbonyl (C=O) groups excluding carboxylic acids is 3. The molecule has 1 aliphatic rings. The van der Waals surface area contributed by atoms with Crippen LogP contribution in [-0.4, -0.2) is 41.0 Å². The van der Waals surface area contributed by atoms with Crippen molar-refractivity contribution in [1.29, 1.82) is 0 Å². The number of ether oxygens (including phenoxy) is 2. The molecule has 1 saturated heterocycles. The fraction of sp³-hybridized carbons (Fsp3) is 0.310.